The average Bonchev–Trinajstić information content (AvgIpc) is 3.26. The molecule has 1 aromatic heterocycles. The van der Waals surface area contributed by atoms with Crippen LogP contribution >= 0.6 is 22.9 Å². The van der Waals surface area contributed by atoms with E-state index in [2.05, 4.69) is 69.3 Å². The van der Waals surface area contributed by atoms with Crippen molar-refractivity contribution in [2.75, 3.05) is 33.2 Å². The van der Waals surface area contributed by atoms with E-state index in [0.717, 1.165) is 21.7 Å². The van der Waals surface area contributed by atoms with Crippen molar-refractivity contribution in [3.63, 3.8) is 0 Å². The predicted molar refractivity (Wildman–Crippen MR) is 180 cm³/mol. The molecule has 0 amide bonds. The van der Waals surface area contributed by atoms with Crippen molar-refractivity contribution in [1.29, 1.82) is 5.41 Å². The van der Waals surface area contributed by atoms with E-state index in [0.29, 0.717) is 17.3 Å². The third-order valence-electron chi connectivity index (χ3n) is 4.60. The van der Waals surface area contributed by atoms with Gasteiger partial charge in [0.2, 0.25) is 0 Å². The maximum absolute atomic E-state index is 8.36. The second-order valence-electron chi connectivity index (χ2n) is 8.40. The largest absolute Gasteiger partial charge is 0.382 e. The van der Waals surface area contributed by atoms with Crippen molar-refractivity contribution >= 4 is 33.7 Å². The molecule has 0 saturated carbocycles. The molecule has 9 N–H and O–H groups in total. The van der Waals surface area contributed by atoms with Crippen molar-refractivity contribution in [1.82, 2.24) is 0 Å². The van der Waals surface area contributed by atoms with Crippen molar-refractivity contribution in [2.45, 2.75) is 67.6 Å². The summed E-state index contributed by atoms with van der Waals surface area (Å²) in [6.45, 7) is 14.6. The number of nitrogens with two attached hydrogens (primary N) is 3. The first-order valence-corrected chi connectivity index (χ1v) is 14.7. The van der Waals surface area contributed by atoms with Crippen LogP contribution in [0.5, 0.6) is 0 Å². The fourth-order valence-electron chi connectivity index (χ4n) is 2.79. The van der Waals surface area contributed by atoms with E-state index in [1.165, 1.54) is 36.5 Å². The molecule has 1 heterocycles. The van der Waals surface area contributed by atoms with Crippen LogP contribution in [0.25, 0.3) is 0 Å². The summed E-state index contributed by atoms with van der Waals surface area (Å²) >= 11 is 7.56. The minimum absolute atomic E-state index is 0.116. The lowest BCUT2D eigenvalue weighted by Crippen LogP contribution is -2.04. The number of benzene rings is 2. The first-order chi connectivity index (χ1) is 19.6. The lowest BCUT2D eigenvalue weighted by molar-refractivity contribution is -0.325. The molecule has 2 aromatic carbocycles. The maximum atomic E-state index is 8.36. The van der Waals surface area contributed by atoms with E-state index in [9.17, 15) is 0 Å². The molecule has 41 heavy (non-hydrogen) atoms. The van der Waals surface area contributed by atoms with Crippen LogP contribution in [0.1, 0.15) is 66.8 Å². The Morgan fingerprint density at radius 3 is 1.85 bits per heavy atom. The Bertz CT molecular complexity index is 1030. The minimum atomic E-state index is -0.250. The van der Waals surface area contributed by atoms with Gasteiger partial charge in [0.05, 0.1) is 23.5 Å². The van der Waals surface area contributed by atoms with Gasteiger partial charge in [0.15, 0.2) is 0 Å². The van der Waals surface area contributed by atoms with Crippen LogP contribution in [0.2, 0.25) is 5.02 Å². The number of halogens is 1. The normalized spacial score (nSPS) is 9.17. The minimum Gasteiger partial charge on any atom is -0.382 e. The van der Waals surface area contributed by atoms with Gasteiger partial charge >= 0.3 is 0 Å². The number of thiophene rings is 1. The molecule has 0 aliphatic rings. The van der Waals surface area contributed by atoms with Crippen molar-refractivity contribution < 1.29 is 14.9 Å². The Hall–Kier alpha value is -2.34. The van der Waals surface area contributed by atoms with E-state index in [-0.39, 0.29) is 12.8 Å². The van der Waals surface area contributed by atoms with Gasteiger partial charge in [-0.25, -0.2) is 9.78 Å². The third kappa shape index (κ3) is 19.4. The highest BCUT2D eigenvalue weighted by atomic mass is 35.5. The maximum Gasteiger partial charge on any atom is 0.107 e. The lowest BCUT2D eigenvalue weighted by atomic mass is 10.0. The summed E-state index contributed by atoms with van der Waals surface area (Å²) < 4.78 is 0. The highest BCUT2D eigenvalue weighted by Crippen LogP contribution is 2.33. The van der Waals surface area contributed by atoms with Gasteiger partial charge in [-0.1, -0.05) is 73.8 Å². The second-order valence-corrected chi connectivity index (χ2v) is 10.1. The molecule has 0 saturated heterocycles. The molecule has 0 unspecified atom stereocenters. The predicted octanol–water partition coefficient (Wildman–Crippen LogP) is 6.79. The van der Waals surface area contributed by atoms with Gasteiger partial charge in [0.1, 0.15) is 6.61 Å². The molecule has 3 aromatic rings. The van der Waals surface area contributed by atoms with Crippen LogP contribution in [-0.2, 0) is 16.4 Å². The van der Waals surface area contributed by atoms with Gasteiger partial charge in [-0.05, 0) is 72.0 Å². The summed E-state index contributed by atoms with van der Waals surface area (Å²) in [5.74, 6) is 0. The van der Waals surface area contributed by atoms with E-state index < -0.39 is 0 Å². The average molecular weight is 612 g/mol. The van der Waals surface area contributed by atoms with Crippen LogP contribution in [0.4, 0.5) is 5.00 Å². The van der Waals surface area contributed by atoms with Gasteiger partial charge in [0.25, 0.3) is 0 Å². The SMILES string of the molecule is CCC.CN.CN.CNc1sc(C)c(C)c1C(=N)c1ccc(Cl)cc1.Cc1ccc(COOC(C)C)cc1.NCO. The van der Waals surface area contributed by atoms with Crippen molar-refractivity contribution in [3.8, 4) is 0 Å². The summed E-state index contributed by atoms with van der Waals surface area (Å²) in [6.07, 6.45) is 1.37. The molecule has 10 heteroatoms. The number of hydrogen-bond donors (Lipinski definition) is 6. The first kappa shape index (κ1) is 43.1. The molecule has 0 aliphatic carbocycles. The van der Waals surface area contributed by atoms with Crippen LogP contribution in [0.3, 0.4) is 0 Å². The smallest absolute Gasteiger partial charge is 0.107 e. The Labute approximate surface area is 257 Å². The zero-order chi connectivity index (χ0) is 32.4. The van der Waals surface area contributed by atoms with Gasteiger partial charge in [-0.2, -0.15) is 0 Å². The van der Waals surface area contributed by atoms with Gasteiger partial charge in [0, 0.05) is 28.1 Å². The molecule has 0 radical (unpaired) electrons. The van der Waals surface area contributed by atoms with Gasteiger partial charge in [-0.3, -0.25) is 5.41 Å². The number of aryl methyl sites for hydroxylation is 2. The zero-order valence-corrected chi connectivity index (χ0v) is 28.2. The summed E-state index contributed by atoms with van der Waals surface area (Å²) in [5.41, 5.74) is 19.4. The standard InChI is InChI=1S/C14H15ClN2S.C11H16O2.C3H8.CH5NO.2CH5N/c1-8-9(2)18-14(17-3)12(8)13(16)10-4-6-11(15)7-5-10;1-9(2)13-12-8-11-6-4-10(3)5-7-11;1-3-2;2-1-3;2*1-2/h4-7,16-17H,1-3H3;4-7,9H,8H2,1-3H3;3H2,1-2H3;3H,1-2H2;2*2H2,1H3. The van der Waals surface area contributed by atoms with E-state index in [4.69, 9.17) is 31.9 Å². The topological polar surface area (TPSA) is 153 Å². The lowest BCUT2D eigenvalue weighted by Gasteiger charge is -2.07. The summed E-state index contributed by atoms with van der Waals surface area (Å²) in [4.78, 5) is 11.2. The van der Waals surface area contributed by atoms with E-state index in [1.54, 1.807) is 11.3 Å². The summed E-state index contributed by atoms with van der Waals surface area (Å²) in [6, 6.07) is 15.6. The van der Waals surface area contributed by atoms with E-state index in [1.807, 2.05) is 57.3 Å². The number of aliphatic hydroxyl groups excluding tert-OH is 1. The monoisotopic (exact) mass is 611 g/mol. The van der Waals surface area contributed by atoms with Crippen LogP contribution in [0.15, 0.2) is 48.5 Å². The molecule has 8 nitrogen and oxygen atoms in total. The number of nitrogens with one attached hydrogen (secondary N) is 2. The van der Waals surface area contributed by atoms with Crippen molar-refractivity contribution in [3.05, 3.63) is 86.2 Å². The molecule has 0 aliphatic heterocycles. The summed E-state index contributed by atoms with van der Waals surface area (Å²) in [5, 5.41) is 20.6. The molecule has 0 fully saturated rings. The molecular weight excluding hydrogens is 558 g/mol. The quantitative estimate of drug-likeness (QED) is 0.0744. The number of hydrogen-bond acceptors (Lipinski definition) is 9. The van der Waals surface area contributed by atoms with Crippen molar-refractivity contribution in [2.24, 2.45) is 17.2 Å². The highest BCUT2D eigenvalue weighted by Gasteiger charge is 2.17. The number of rotatable bonds is 7. The van der Waals surface area contributed by atoms with Gasteiger partial charge < -0.3 is 27.6 Å². The molecule has 234 valence electrons. The number of aliphatic hydroxyl groups is 1. The first-order valence-electron chi connectivity index (χ1n) is 13.5. The molecule has 0 bridgehead atoms. The molecule has 3 rings (SSSR count). The molecule has 0 atom stereocenters. The Balaban J connectivity index is -0.000000550. The fourth-order valence-corrected chi connectivity index (χ4v) is 3.93. The third-order valence-corrected chi connectivity index (χ3v) is 6.08. The summed E-state index contributed by atoms with van der Waals surface area (Å²) in [7, 11) is 4.89. The number of anilines is 1. The highest BCUT2D eigenvalue weighted by molar-refractivity contribution is 7.16. The van der Waals surface area contributed by atoms with Gasteiger partial charge in [-0.15, -0.1) is 11.3 Å². The van der Waals surface area contributed by atoms with E-state index >= 15 is 0 Å². The zero-order valence-electron chi connectivity index (χ0n) is 26.6. The molecular formula is C31H54ClN5O3S. The van der Waals surface area contributed by atoms with Crippen LogP contribution in [-0.4, -0.2) is 44.8 Å². The Morgan fingerprint density at radius 1 is 0.976 bits per heavy atom. The molecule has 0 spiro atoms. The fraction of sp³-hybridized carbons (Fsp3) is 0.452. The van der Waals surface area contributed by atoms with Crippen LogP contribution in [0, 0.1) is 26.2 Å². The van der Waals surface area contributed by atoms with Crippen LogP contribution < -0.4 is 22.5 Å². The second kappa shape index (κ2) is 27.8. The Morgan fingerprint density at radius 2 is 1.44 bits per heavy atom. The Kier molecular flexibility index (Phi) is 29.2.